The number of aromatic nitrogens is 4. The van der Waals surface area contributed by atoms with Crippen LogP contribution in [0.5, 0.6) is 5.75 Å². The minimum atomic E-state index is -0.887. The second kappa shape index (κ2) is 16.1. The number of thioether (sulfide) groups is 1. The largest absolute Gasteiger partial charge is 0.508 e. The molecular weight excluding hydrogens is 659 g/mol. The van der Waals surface area contributed by atoms with Gasteiger partial charge in [-0.15, -0.1) is 5.10 Å². The van der Waals surface area contributed by atoms with Gasteiger partial charge in [0, 0.05) is 31.2 Å². The number of esters is 1. The maximum atomic E-state index is 12.5. The Hall–Kier alpha value is -5.08. The minimum Gasteiger partial charge on any atom is -0.508 e. The summed E-state index contributed by atoms with van der Waals surface area (Å²) in [6.45, 7) is 3.04. The number of amides is 1. The van der Waals surface area contributed by atoms with Crippen molar-refractivity contribution >= 4 is 23.6 Å². The third kappa shape index (κ3) is 8.55. The number of hydrogen-bond donors (Lipinski definition) is 3. The Balaban J connectivity index is 1.19. The van der Waals surface area contributed by atoms with Crippen LogP contribution in [0.15, 0.2) is 102 Å². The standard InChI is InChI=1S/C37H37N5O7S/c1-23(47-24(2)44)35(46)38-20-29-5-3-4-6-33(29)26-11-13-28(14-12-26)36-48-32(19-34(49-36)27-9-7-25(21-43)8-10-27)22-50-37-39-40-41-42(37)30-15-17-31(45)18-16-30/h3-18,23,32,34,36,43,45H,19-22H2,1-2H3,(H,38,46)/t23-,32+,34-,36-/m0/s1. The predicted octanol–water partition coefficient (Wildman–Crippen LogP) is 5.43. The topological polar surface area (TPSA) is 158 Å². The van der Waals surface area contributed by atoms with Gasteiger partial charge in [-0.2, -0.15) is 4.68 Å². The molecule has 50 heavy (non-hydrogen) atoms. The number of carbonyl (C=O) groups excluding carboxylic acids is 2. The summed E-state index contributed by atoms with van der Waals surface area (Å²) < 4.78 is 19.7. The fourth-order valence-electron chi connectivity index (χ4n) is 5.62. The Morgan fingerprint density at radius 1 is 0.980 bits per heavy atom. The first kappa shape index (κ1) is 34.8. The van der Waals surface area contributed by atoms with Crippen LogP contribution in [0.25, 0.3) is 16.8 Å². The Kier molecular flexibility index (Phi) is 11.2. The smallest absolute Gasteiger partial charge is 0.303 e. The zero-order chi connectivity index (χ0) is 35.0. The van der Waals surface area contributed by atoms with Crippen LogP contribution in [0.3, 0.4) is 0 Å². The Morgan fingerprint density at radius 2 is 1.70 bits per heavy atom. The molecule has 1 saturated heterocycles. The van der Waals surface area contributed by atoms with E-state index in [2.05, 4.69) is 20.8 Å². The van der Waals surface area contributed by atoms with E-state index in [1.807, 2.05) is 72.8 Å². The minimum absolute atomic E-state index is 0.0399. The average molecular weight is 696 g/mol. The number of phenolic OH excluding ortho intramolecular Hbond substituents is 1. The van der Waals surface area contributed by atoms with Crippen LogP contribution in [-0.2, 0) is 37.0 Å². The number of rotatable bonds is 12. The summed E-state index contributed by atoms with van der Waals surface area (Å²) in [4.78, 5) is 23.7. The van der Waals surface area contributed by atoms with Gasteiger partial charge in [-0.25, -0.2) is 0 Å². The van der Waals surface area contributed by atoms with Crippen molar-refractivity contribution in [2.75, 3.05) is 5.75 Å². The number of ether oxygens (including phenoxy) is 3. The SMILES string of the molecule is CC(=O)O[C@@H](C)C(=O)NCc1ccccc1-c1ccc([C@H]2O[C@@H](CSc3nnnn3-c3ccc(O)cc3)C[C@@H](c3ccc(CO)cc3)O2)cc1. The maximum absolute atomic E-state index is 12.5. The molecule has 12 nitrogen and oxygen atoms in total. The number of hydrogen-bond acceptors (Lipinski definition) is 11. The number of aliphatic hydroxyl groups is 1. The Labute approximate surface area is 293 Å². The van der Waals surface area contributed by atoms with Crippen molar-refractivity contribution in [1.82, 2.24) is 25.5 Å². The molecule has 258 valence electrons. The van der Waals surface area contributed by atoms with Crippen molar-refractivity contribution < 1.29 is 34.0 Å². The lowest BCUT2D eigenvalue weighted by molar-refractivity contribution is -0.245. The maximum Gasteiger partial charge on any atom is 0.303 e. The van der Waals surface area contributed by atoms with Crippen LogP contribution in [-0.4, -0.2) is 60.3 Å². The van der Waals surface area contributed by atoms with Crippen LogP contribution in [0.4, 0.5) is 0 Å². The van der Waals surface area contributed by atoms with E-state index in [-0.39, 0.29) is 37.0 Å². The van der Waals surface area contributed by atoms with E-state index in [9.17, 15) is 19.8 Å². The predicted molar refractivity (Wildman–Crippen MR) is 185 cm³/mol. The number of nitrogens with one attached hydrogen (secondary N) is 1. The summed E-state index contributed by atoms with van der Waals surface area (Å²) >= 11 is 1.47. The first-order valence-corrected chi connectivity index (χ1v) is 17.1. The molecule has 4 aromatic carbocycles. The zero-order valence-corrected chi connectivity index (χ0v) is 28.3. The molecule has 0 radical (unpaired) electrons. The van der Waals surface area contributed by atoms with Crippen molar-refractivity contribution in [3.05, 3.63) is 119 Å². The van der Waals surface area contributed by atoms with E-state index in [1.54, 1.807) is 28.9 Å². The molecule has 1 aliphatic heterocycles. The second-order valence-electron chi connectivity index (χ2n) is 11.8. The van der Waals surface area contributed by atoms with Gasteiger partial charge in [0.25, 0.3) is 5.91 Å². The fraction of sp³-hybridized carbons (Fsp3) is 0.270. The van der Waals surface area contributed by atoms with E-state index in [0.29, 0.717) is 17.3 Å². The van der Waals surface area contributed by atoms with Crippen molar-refractivity contribution in [1.29, 1.82) is 0 Å². The monoisotopic (exact) mass is 695 g/mol. The van der Waals surface area contributed by atoms with Crippen molar-refractivity contribution in [3.63, 3.8) is 0 Å². The molecule has 0 unspecified atom stereocenters. The summed E-state index contributed by atoms with van der Waals surface area (Å²) in [5, 5.41) is 34.9. The lowest BCUT2D eigenvalue weighted by Crippen LogP contribution is -2.35. The molecular formula is C37H37N5O7S. The molecule has 0 bridgehead atoms. The molecule has 2 heterocycles. The van der Waals surface area contributed by atoms with Crippen molar-refractivity contribution in [2.24, 2.45) is 0 Å². The zero-order valence-electron chi connectivity index (χ0n) is 27.5. The van der Waals surface area contributed by atoms with Crippen molar-refractivity contribution in [2.45, 2.75) is 63.2 Å². The molecule has 5 aromatic rings. The average Bonchev–Trinajstić information content (AvgIpc) is 3.62. The van der Waals surface area contributed by atoms with Gasteiger partial charge < -0.3 is 29.7 Å². The number of carbonyl (C=O) groups is 2. The molecule has 4 atom stereocenters. The molecule has 3 N–H and O–H groups in total. The molecule has 1 aromatic heterocycles. The first-order chi connectivity index (χ1) is 24.3. The number of phenols is 1. The molecule has 13 heteroatoms. The number of benzene rings is 4. The van der Waals surface area contributed by atoms with E-state index in [0.717, 1.165) is 39.1 Å². The van der Waals surface area contributed by atoms with Crippen LogP contribution in [0, 0.1) is 0 Å². The summed E-state index contributed by atoms with van der Waals surface area (Å²) in [6, 6.07) is 30.1. The van der Waals surface area contributed by atoms with Crippen LogP contribution in [0.2, 0.25) is 0 Å². The van der Waals surface area contributed by atoms with Gasteiger partial charge in [-0.05, 0) is 69.4 Å². The number of aliphatic hydroxyl groups excluding tert-OH is 1. The molecule has 0 saturated carbocycles. The number of aromatic hydroxyl groups is 1. The highest BCUT2D eigenvalue weighted by atomic mass is 32.2. The van der Waals surface area contributed by atoms with Crippen LogP contribution >= 0.6 is 11.8 Å². The fourth-order valence-corrected chi connectivity index (χ4v) is 6.53. The van der Waals surface area contributed by atoms with Gasteiger partial charge in [0.05, 0.1) is 24.5 Å². The van der Waals surface area contributed by atoms with Gasteiger partial charge in [-0.3, -0.25) is 9.59 Å². The van der Waals surface area contributed by atoms with E-state index in [1.165, 1.54) is 25.6 Å². The summed E-state index contributed by atoms with van der Waals surface area (Å²) in [6.07, 6.45) is -1.43. The van der Waals surface area contributed by atoms with Crippen molar-refractivity contribution in [3.8, 4) is 22.6 Å². The third-order valence-electron chi connectivity index (χ3n) is 8.22. The summed E-state index contributed by atoms with van der Waals surface area (Å²) in [5.41, 5.74) is 6.18. The van der Waals surface area contributed by atoms with Gasteiger partial charge in [0.15, 0.2) is 12.4 Å². The quantitative estimate of drug-likeness (QED) is 0.113. The third-order valence-corrected chi connectivity index (χ3v) is 9.28. The lowest BCUT2D eigenvalue weighted by Gasteiger charge is -2.36. The molecule has 1 aliphatic rings. The Bertz CT molecular complexity index is 1900. The van der Waals surface area contributed by atoms with Gasteiger partial charge >= 0.3 is 5.97 Å². The van der Waals surface area contributed by atoms with Gasteiger partial charge in [0.1, 0.15) is 5.75 Å². The van der Waals surface area contributed by atoms with E-state index >= 15 is 0 Å². The molecule has 0 spiro atoms. The number of tetrazole rings is 1. The van der Waals surface area contributed by atoms with E-state index in [4.69, 9.17) is 14.2 Å². The van der Waals surface area contributed by atoms with Crippen LogP contribution < -0.4 is 5.32 Å². The molecule has 6 rings (SSSR count). The highest BCUT2D eigenvalue weighted by molar-refractivity contribution is 7.99. The van der Waals surface area contributed by atoms with Crippen LogP contribution in [0.1, 0.15) is 54.9 Å². The lowest BCUT2D eigenvalue weighted by atomic mass is 9.97. The second-order valence-corrected chi connectivity index (χ2v) is 12.8. The highest BCUT2D eigenvalue weighted by Gasteiger charge is 2.33. The number of nitrogens with zero attached hydrogens (tertiary/aromatic N) is 4. The molecule has 1 fully saturated rings. The van der Waals surface area contributed by atoms with E-state index < -0.39 is 18.4 Å². The molecule has 1 amide bonds. The normalized spacial score (nSPS) is 17.9. The van der Waals surface area contributed by atoms with Gasteiger partial charge in [0.2, 0.25) is 5.16 Å². The van der Waals surface area contributed by atoms with Gasteiger partial charge in [-0.1, -0.05) is 84.6 Å². The summed E-state index contributed by atoms with van der Waals surface area (Å²) in [7, 11) is 0. The first-order valence-electron chi connectivity index (χ1n) is 16.1. The molecule has 0 aliphatic carbocycles. The summed E-state index contributed by atoms with van der Waals surface area (Å²) in [5.74, 6) is -0.176. The highest BCUT2D eigenvalue weighted by Crippen LogP contribution is 2.40. The Morgan fingerprint density at radius 3 is 2.42 bits per heavy atom.